The third kappa shape index (κ3) is 3.65. The van der Waals surface area contributed by atoms with Crippen molar-refractivity contribution in [1.82, 2.24) is 0 Å². The molecule has 1 aromatic rings. The zero-order chi connectivity index (χ0) is 12.8. The molecule has 0 aliphatic carbocycles. The third-order valence-electron chi connectivity index (χ3n) is 2.65. The van der Waals surface area contributed by atoms with Crippen LogP contribution in [0.4, 0.5) is 5.69 Å². The molecule has 0 spiro atoms. The zero-order valence-electron chi connectivity index (χ0n) is 10.5. The maximum Gasteiger partial charge on any atom is 0.0992 e. The molecule has 0 bridgehead atoms. The number of benzene rings is 1. The fourth-order valence-electron chi connectivity index (χ4n) is 1.65. The van der Waals surface area contributed by atoms with Gasteiger partial charge in [0.2, 0.25) is 0 Å². The van der Waals surface area contributed by atoms with Gasteiger partial charge in [0.25, 0.3) is 0 Å². The Hall–Kier alpha value is -1.18. The number of nitrogens with zero attached hydrogens (tertiary/aromatic N) is 2. The average molecular weight is 250 g/mol. The molecule has 1 aromatic carbocycles. The third-order valence-corrected chi connectivity index (χ3v) is 3.24. The van der Waals surface area contributed by atoms with E-state index in [2.05, 4.69) is 17.2 Å². The Balaban J connectivity index is 3.04. The highest BCUT2D eigenvalue weighted by Crippen LogP contribution is 2.26. The number of thioether (sulfide) groups is 1. The Bertz CT molecular complexity index is 412. The minimum absolute atomic E-state index is 0.519. The van der Waals surface area contributed by atoms with Gasteiger partial charge in [-0.25, -0.2) is 0 Å². The van der Waals surface area contributed by atoms with Crippen molar-refractivity contribution in [3.8, 4) is 6.07 Å². The van der Waals surface area contributed by atoms with Crippen molar-refractivity contribution in [3.63, 3.8) is 0 Å². The first-order chi connectivity index (χ1) is 8.10. The number of hydrogen-bond acceptors (Lipinski definition) is 4. The van der Waals surface area contributed by atoms with Gasteiger partial charge in [-0.3, -0.25) is 0 Å². The lowest BCUT2D eigenvalue weighted by atomic mass is 10.0. The molecule has 0 aromatic heterocycles. The topological polar surface area (TPSA) is 47.3 Å². The first-order valence-corrected chi connectivity index (χ1v) is 6.91. The highest BCUT2D eigenvalue weighted by Gasteiger charge is 2.12. The van der Waals surface area contributed by atoms with Crippen LogP contribution in [-0.4, -0.2) is 30.7 Å². The fraction of sp³-hybridized carbons (Fsp3) is 0.462. The zero-order valence-corrected chi connectivity index (χ0v) is 11.3. The van der Waals surface area contributed by atoms with E-state index < -0.39 is 6.10 Å². The Kier molecular flexibility index (Phi) is 5.33. The van der Waals surface area contributed by atoms with Crippen LogP contribution in [0.3, 0.4) is 0 Å². The van der Waals surface area contributed by atoms with E-state index in [1.807, 2.05) is 19.2 Å². The molecule has 0 fully saturated rings. The molecule has 1 rings (SSSR count). The van der Waals surface area contributed by atoms with Gasteiger partial charge in [0, 0.05) is 30.6 Å². The molecule has 3 nitrogen and oxygen atoms in total. The summed E-state index contributed by atoms with van der Waals surface area (Å²) in [6.07, 6.45) is 1.55. The summed E-state index contributed by atoms with van der Waals surface area (Å²) in [5.74, 6) is 1.02. The maximum atomic E-state index is 9.73. The molecule has 0 aliphatic heterocycles. The maximum absolute atomic E-state index is 9.73. The molecule has 0 amide bonds. The number of nitriles is 1. The summed E-state index contributed by atoms with van der Waals surface area (Å²) in [4.78, 5) is 2.08. The fourth-order valence-corrected chi connectivity index (χ4v) is 2.10. The first-order valence-electron chi connectivity index (χ1n) is 5.52. The minimum Gasteiger partial charge on any atom is -0.389 e. The average Bonchev–Trinajstić information content (AvgIpc) is 2.34. The predicted octanol–water partition coefficient (Wildman–Crippen LogP) is 2.41. The van der Waals surface area contributed by atoms with Crippen LogP contribution < -0.4 is 4.90 Å². The Morgan fingerprint density at radius 3 is 2.76 bits per heavy atom. The second-order valence-electron chi connectivity index (χ2n) is 3.98. The second kappa shape index (κ2) is 6.53. The lowest BCUT2D eigenvalue weighted by molar-refractivity contribution is 0.199. The number of rotatable bonds is 5. The van der Waals surface area contributed by atoms with E-state index in [0.717, 1.165) is 23.5 Å². The highest BCUT2D eigenvalue weighted by molar-refractivity contribution is 7.98. The van der Waals surface area contributed by atoms with Crippen LogP contribution in [0.15, 0.2) is 18.2 Å². The normalized spacial score (nSPS) is 11.9. The van der Waals surface area contributed by atoms with Crippen molar-refractivity contribution in [3.05, 3.63) is 29.3 Å². The van der Waals surface area contributed by atoms with Crippen LogP contribution in [-0.2, 0) is 0 Å². The van der Waals surface area contributed by atoms with Crippen LogP contribution in [0.25, 0.3) is 0 Å². The monoisotopic (exact) mass is 250 g/mol. The van der Waals surface area contributed by atoms with E-state index in [-0.39, 0.29) is 0 Å². The van der Waals surface area contributed by atoms with Gasteiger partial charge in [0.15, 0.2) is 0 Å². The van der Waals surface area contributed by atoms with Gasteiger partial charge in [-0.05, 0) is 25.3 Å². The van der Waals surface area contributed by atoms with Gasteiger partial charge < -0.3 is 10.0 Å². The molecule has 0 heterocycles. The summed E-state index contributed by atoms with van der Waals surface area (Å²) < 4.78 is 0. The van der Waals surface area contributed by atoms with Gasteiger partial charge in [-0.2, -0.15) is 17.0 Å². The molecule has 0 unspecified atom stereocenters. The van der Waals surface area contributed by atoms with Gasteiger partial charge in [-0.15, -0.1) is 0 Å². The second-order valence-corrected chi connectivity index (χ2v) is 4.96. The Morgan fingerprint density at radius 2 is 2.24 bits per heavy atom. The van der Waals surface area contributed by atoms with Crippen LogP contribution >= 0.6 is 11.8 Å². The van der Waals surface area contributed by atoms with Crippen molar-refractivity contribution in [2.75, 3.05) is 30.5 Å². The van der Waals surface area contributed by atoms with Gasteiger partial charge in [0.1, 0.15) is 0 Å². The molecule has 1 N–H and O–H groups in total. The summed E-state index contributed by atoms with van der Waals surface area (Å²) in [7, 11) is 1.98. The largest absolute Gasteiger partial charge is 0.389 e. The van der Waals surface area contributed by atoms with E-state index in [1.54, 1.807) is 24.8 Å². The lowest BCUT2D eigenvalue weighted by Crippen LogP contribution is -2.22. The standard InChI is InChI=1S/C13H18N2OS/c1-10(16)12-5-4-11(9-14)8-13(12)15(2)6-7-17-3/h4-5,8,10,16H,6-7H2,1-3H3/t10-/m0/s1. The summed E-state index contributed by atoms with van der Waals surface area (Å²) in [6.45, 7) is 2.64. The van der Waals surface area contributed by atoms with E-state index >= 15 is 0 Å². The number of aliphatic hydroxyl groups is 1. The van der Waals surface area contributed by atoms with Crippen molar-refractivity contribution in [2.45, 2.75) is 13.0 Å². The predicted molar refractivity (Wildman–Crippen MR) is 73.4 cm³/mol. The van der Waals surface area contributed by atoms with Crippen LogP contribution in [0.1, 0.15) is 24.2 Å². The Labute approximate surface area is 107 Å². The van der Waals surface area contributed by atoms with Gasteiger partial charge in [0.05, 0.1) is 17.7 Å². The van der Waals surface area contributed by atoms with E-state index in [0.29, 0.717) is 5.56 Å². The lowest BCUT2D eigenvalue weighted by Gasteiger charge is -2.23. The molecule has 4 heteroatoms. The quantitative estimate of drug-likeness (QED) is 0.871. The molecule has 0 saturated carbocycles. The molecular formula is C13H18N2OS. The highest BCUT2D eigenvalue weighted by atomic mass is 32.2. The van der Waals surface area contributed by atoms with Crippen LogP contribution in [0, 0.1) is 11.3 Å². The number of hydrogen-bond donors (Lipinski definition) is 1. The molecule has 17 heavy (non-hydrogen) atoms. The van der Waals surface area contributed by atoms with Gasteiger partial charge in [-0.1, -0.05) is 6.07 Å². The Morgan fingerprint density at radius 1 is 1.53 bits per heavy atom. The minimum atomic E-state index is -0.519. The molecule has 0 radical (unpaired) electrons. The van der Waals surface area contributed by atoms with Crippen molar-refractivity contribution in [2.24, 2.45) is 0 Å². The summed E-state index contributed by atoms with van der Waals surface area (Å²) in [5.41, 5.74) is 2.43. The molecule has 0 saturated heterocycles. The summed E-state index contributed by atoms with van der Waals surface area (Å²) in [5, 5.41) is 18.6. The van der Waals surface area contributed by atoms with Crippen molar-refractivity contribution in [1.29, 1.82) is 5.26 Å². The van der Waals surface area contributed by atoms with E-state index in [4.69, 9.17) is 5.26 Å². The molecule has 0 aliphatic rings. The van der Waals surface area contributed by atoms with Gasteiger partial charge >= 0.3 is 0 Å². The van der Waals surface area contributed by atoms with Crippen molar-refractivity contribution >= 4 is 17.4 Å². The first kappa shape index (κ1) is 13.9. The van der Waals surface area contributed by atoms with E-state index in [9.17, 15) is 5.11 Å². The van der Waals surface area contributed by atoms with Crippen LogP contribution in [0.5, 0.6) is 0 Å². The number of anilines is 1. The SMILES string of the molecule is CSCCN(C)c1cc(C#N)ccc1[C@H](C)O. The smallest absolute Gasteiger partial charge is 0.0992 e. The van der Waals surface area contributed by atoms with E-state index in [1.165, 1.54) is 0 Å². The van der Waals surface area contributed by atoms with Crippen molar-refractivity contribution < 1.29 is 5.11 Å². The number of aliphatic hydroxyl groups excluding tert-OH is 1. The molecule has 92 valence electrons. The summed E-state index contributed by atoms with van der Waals surface area (Å²) >= 11 is 1.78. The van der Waals surface area contributed by atoms with Crippen LogP contribution in [0.2, 0.25) is 0 Å². The molecular weight excluding hydrogens is 232 g/mol. The molecule has 1 atom stereocenters. The summed E-state index contributed by atoms with van der Waals surface area (Å²) in [6, 6.07) is 7.54.